The van der Waals surface area contributed by atoms with Crippen LogP contribution in [0.3, 0.4) is 0 Å². The molecule has 2 heterocycles. The lowest BCUT2D eigenvalue weighted by Gasteiger charge is -2.27. The fourth-order valence-electron chi connectivity index (χ4n) is 9.27. The van der Waals surface area contributed by atoms with E-state index in [1.165, 1.54) is 54.5 Å². The van der Waals surface area contributed by atoms with E-state index >= 15 is 0 Å². The van der Waals surface area contributed by atoms with Crippen molar-refractivity contribution in [3.63, 3.8) is 0 Å². The van der Waals surface area contributed by atoms with E-state index in [0.717, 1.165) is 55.8 Å². The fraction of sp³-hybridized carbons (Fsp3) is 0. The van der Waals surface area contributed by atoms with Crippen LogP contribution in [0.25, 0.3) is 93.2 Å². The smallest absolute Gasteiger partial charge is 0.137 e. The van der Waals surface area contributed by atoms with Crippen LogP contribution in [0.1, 0.15) is 0 Å². The predicted molar refractivity (Wildman–Crippen MR) is 249 cm³/mol. The van der Waals surface area contributed by atoms with Crippen molar-refractivity contribution < 1.29 is 4.42 Å². The Morgan fingerprint density at radius 1 is 0.356 bits per heavy atom. The van der Waals surface area contributed by atoms with Crippen molar-refractivity contribution in [2.24, 2.45) is 0 Å². The molecule has 0 atom stereocenters. The van der Waals surface area contributed by atoms with E-state index in [2.05, 4.69) is 222 Å². The van der Waals surface area contributed by atoms with Crippen LogP contribution in [-0.2, 0) is 0 Å². The van der Waals surface area contributed by atoms with E-state index in [1.54, 1.807) is 0 Å². The normalized spacial score (nSPS) is 11.7. The topological polar surface area (TPSA) is 21.3 Å². The van der Waals surface area contributed by atoms with Crippen molar-refractivity contribution in [1.29, 1.82) is 0 Å². The van der Waals surface area contributed by atoms with Crippen LogP contribution in [-0.4, -0.2) is 4.57 Å². The number of hydrogen-bond acceptors (Lipinski definition) is 2. The van der Waals surface area contributed by atoms with Crippen molar-refractivity contribution in [2.75, 3.05) is 4.90 Å². The Labute approximate surface area is 341 Å². The zero-order valence-electron chi connectivity index (χ0n) is 32.1. The molecule has 0 bridgehead atoms. The molecule has 0 saturated heterocycles. The van der Waals surface area contributed by atoms with E-state index in [9.17, 15) is 0 Å². The zero-order chi connectivity index (χ0) is 38.9. The molecule has 0 spiro atoms. The molecule has 3 nitrogen and oxygen atoms in total. The number of furan rings is 1. The van der Waals surface area contributed by atoms with Gasteiger partial charge in [0.05, 0.1) is 27.8 Å². The van der Waals surface area contributed by atoms with Gasteiger partial charge in [-0.1, -0.05) is 152 Å². The molecule has 0 saturated carbocycles. The molecule has 0 radical (unpaired) electrons. The summed E-state index contributed by atoms with van der Waals surface area (Å²) in [5.41, 5.74) is 13.2. The third kappa shape index (κ3) is 5.36. The van der Waals surface area contributed by atoms with Gasteiger partial charge in [0.25, 0.3) is 0 Å². The van der Waals surface area contributed by atoms with Crippen LogP contribution in [0.2, 0.25) is 0 Å². The maximum Gasteiger partial charge on any atom is 0.137 e. The number of nitrogens with zero attached hydrogens (tertiary/aromatic N) is 2. The molecule has 59 heavy (non-hydrogen) atoms. The van der Waals surface area contributed by atoms with Crippen molar-refractivity contribution in [3.8, 4) is 27.9 Å². The number of para-hydroxylation sites is 4. The molecule has 0 aliphatic carbocycles. The van der Waals surface area contributed by atoms with Gasteiger partial charge in [0.1, 0.15) is 11.2 Å². The highest BCUT2D eigenvalue weighted by molar-refractivity contribution is 6.14. The average Bonchev–Trinajstić information content (AvgIpc) is 3.86. The quantitative estimate of drug-likeness (QED) is 0.158. The highest BCUT2D eigenvalue weighted by Crippen LogP contribution is 2.44. The minimum atomic E-state index is 0.870. The van der Waals surface area contributed by atoms with Crippen LogP contribution in [0.4, 0.5) is 17.1 Å². The Morgan fingerprint density at radius 2 is 0.966 bits per heavy atom. The summed E-state index contributed by atoms with van der Waals surface area (Å²) in [5.74, 6) is 0. The lowest BCUT2D eigenvalue weighted by molar-refractivity contribution is 0.669. The van der Waals surface area contributed by atoms with Crippen molar-refractivity contribution >= 4 is 82.4 Å². The Bertz CT molecular complexity index is 3520. The van der Waals surface area contributed by atoms with Crippen LogP contribution in [0.15, 0.2) is 223 Å². The summed E-state index contributed by atoms with van der Waals surface area (Å²) in [7, 11) is 0. The first-order chi connectivity index (χ1) is 29.3. The second-order valence-electron chi connectivity index (χ2n) is 15.3. The zero-order valence-corrected chi connectivity index (χ0v) is 32.1. The fourth-order valence-corrected chi connectivity index (χ4v) is 9.27. The van der Waals surface area contributed by atoms with Crippen LogP contribution < -0.4 is 4.90 Å². The van der Waals surface area contributed by atoms with Gasteiger partial charge in [0.15, 0.2) is 0 Å². The van der Waals surface area contributed by atoms with Gasteiger partial charge in [0.2, 0.25) is 0 Å². The van der Waals surface area contributed by atoms with Gasteiger partial charge in [-0.15, -0.1) is 0 Å². The number of rotatable bonds is 6. The Balaban J connectivity index is 0.982. The molecular formula is C56H36N2O. The third-order valence-corrected chi connectivity index (χ3v) is 12.0. The first-order valence-corrected chi connectivity index (χ1v) is 20.2. The molecule has 2 aromatic heterocycles. The summed E-state index contributed by atoms with van der Waals surface area (Å²) in [6.07, 6.45) is 0. The lowest BCUT2D eigenvalue weighted by atomic mass is 9.97. The van der Waals surface area contributed by atoms with Gasteiger partial charge in [-0.3, -0.25) is 0 Å². The van der Waals surface area contributed by atoms with Gasteiger partial charge >= 0.3 is 0 Å². The van der Waals surface area contributed by atoms with Crippen molar-refractivity contribution in [2.45, 2.75) is 0 Å². The maximum absolute atomic E-state index is 6.40. The molecule has 0 unspecified atom stereocenters. The first-order valence-electron chi connectivity index (χ1n) is 20.2. The van der Waals surface area contributed by atoms with Crippen molar-refractivity contribution in [1.82, 2.24) is 4.57 Å². The van der Waals surface area contributed by atoms with Gasteiger partial charge in [-0.25, -0.2) is 0 Å². The van der Waals surface area contributed by atoms with E-state index in [4.69, 9.17) is 4.42 Å². The largest absolute Gasteiger partial charge is 0.456 e. The molecule has 276 valence electrons. The summed E-state index contributed by atoms with van der Waals surface area (Å²) in [4.78, 5) is 2.38. The van der Waals surface area contributed by atoms with Crippen LogP contribution >= 0.6 is 0 Å². The van der Waals surface area contributed by atoms with Crippen molar-refractivity contribution in [3.05, 3.63) is 218 Å². The minimum Gasteiger partial charge on any atom is -0.456 e. The standard InChI is InChI=1S/C56H36N2O/c1-2-16-44-38(13-1)27-28-41-36-43(33-34-45(41)44)57(53-24-12-26-55-56(53)49-20-6-10-25-54(49)59-55)42-31-29-37(30-32-42)39-14-11-15-40(35-39)46-17-3-7-21-50(46)58-51-22-8-4-18-47(51)48-19-5-9-23-52(48)58/h1-36H. The molecule has 0 N–H and O–H groups in total. The average molecular weight is 753 g/mol. The maximum atomic E-state index is 6.40. The summed E-state index contributed by atoms with van der Waals surface area (Å²) < 4.78 is 8.82. The number of anilines is 3. The first kappa shape index (κ1) is 33.3. The van der Waals surface area contributed by atoms with Gasteiger partial charge in [-0.2, -0.15) is 0 Å². The molecular weight excluding hydrogens is 717 g/mol. The second-order valence-corrected chi connectivity index (χ2v) is 15.3. The Kier molecular flexibility index (Phi) is 7.54. The summed E-state index contributed by atoms with van der Waals surface area (Å²) in [5, 5.41) is 9.67. The van der Waals surface area contributed by atoms with E-state index in [1.807, 2.05) is 6.07 Å². The predicted octanol–water partition coefficient (Wildman–Crippen LogP) is 15.8. The molecule has 12 aromatic rings. The van der Waals surface area contributed by atoms with E-state index in [-0.39, 0.29) is 0 Å². The monoisotopic (exact) mass is 752 g/mol. The number of benzene rings is 10. The highest BCUT2D eigenvalue weighted by Gasteiger charge is 2.21. The van der Waals surface area contributed by atoms with Crippen LogP contribution in [0.5, 0.6) is 0 Å². The van der Waals surface area contributed by atoms with Gasteiger partial charge < -0.3 is 13.9 Å². The second kappa shape index (κ2) is 13.4. The molecule has 0 amide bonds. The van der Waals surface area contributed by atoms with Gasteiger partial charge in [-0.05, 0) is 105 Å². The van der Waals surface area contributed by atoms with Gasteiger partial charge in [0, 0.05) is 33.1 Å². The molecule has 0 fully saturated rings. The SMILES string of the molecule is c1cc(-c2ccc(N(c3ccc4c(ccc5ccccc54)c3)c3cccc4oc5ccccc5c34)cc2)cc(-c2ccccc2-n2c3ccccc3c3ccccc32)c1. The number of aromatic nitrogens is 1. The highest BCUT2D eigenvalue weighted by atomic mass is 16.3. The number of fused-ring (bicyclic) bond motifs is 9. The summed E-state index contributed by atoms with van der Waals surface area (Å²) in [6.45, 7) is 0. The molecule has 0 aliphatic heterocycles. The number of hydrogen-bond donors (Lipinski definition) is 0. The van der Waals surface area contributed by atoms with E-state index < -0.39 is 0 Å². The van der Waals surface area contributed by atoms with E-state index in [0.29, 0.717) is 0 Å². The minimum absolute atomic E-state index is 0.870. The molecule has 10 aromatic carbocycles. The molecule has 0 aliphatic rings. The van der Waals surface area contributed by atoms with Crippen LogP contribution in [0, 0.1) is 0 Å². The molecule has 12 rings (SSSR count). The molecule has 3 heteroatoms. The third-order valence-electron chi connectivity index (χ3n) is 12.0. The Morgan fingerprint density at radius 3 is 1.80 bits per heavy atom. The summed E-state index contributed by atoms with van der Waals surface area (Å²) >= 11 is 0. The summed E-state index contributed by atoms with van der Waals surface area (Å²) in [6, 6.07) is 78.7. The Hall–Kier alpha value is -7.88. The lowest BCUT2D eigenvalue weighted by Crippen LogP contribution is -2.10.